The van der Waals surface area contributed by atoms with Crippen molar-refractivity contribution in [2.45, 2.75) is 31.8 Å². The third-order valence-electron chi connectivity index (χ3n) is 3.96. The molecule has 1 amide bonds. The van der Waals surface area contributed by atoms with Crippen molar-refractivity contribution in [1.29, 1.82) is 0 Å². The van der Waals surface area contributed by atoms with Crippen molar-refractivity contribution < 1.29 is 9.53 Å². The summed E-state index contributed by atoms with van der Waals surface area (Å²) >= 11 is 0. The van der Waals surface area contributed by atoms with Crippen LogP contribution >= 0.6 is 0 Å². The van der Waals surface area contributed by atoms with Gasteiger partial charge < -0.3 is 15.4 Å². The Labute approximate surface area is 114 Å². The molecule has 2 rings (SSSR count). The number of rotatable bonds is 5. The average Bonchev–Trinajstić information content (AvgIpc) is 2.37. The second-order valence-electron chi connectivity index (χ2n) is 5.22. The van der Waals surface area contributed by atoms with Crippen LogP contribution in [0.3, 0.4) is 0 Å². The van der Waals surface area contributed by atoms with Gasteiger partial charge in [-0.15, -0.1) is 0 Å². The van der Waals surface area contributed by atoms with E-state index in [2.05, 4.69) is 10.6 Å². The molecule has 19 heavy (non-hydrogen) atoms. The molecule has 0 unspecified atom stereocenters. The molecule has 1 fully saturated rings. The highest BCUT2D eigenvalue weighted by atomic mass is 16.5. The molecule has 1 saturated carbocycles. The first-order chi connectivity index (χ1) is 9.10. The van der Waals surface area contributed by atoms with Gasteiger partial charge in [-0.2, -0.15) is 0 Å². The molecule has 0 spiro atoms. The van der Waals surface area contributed by atoms with Gasteiger partial charge in [-0.1, -0.05) is 11.6 Å². The first-order valence-corrected chi connectivity index (χ1v) is 6.72. The third-order valence-corrected chi connectivity index (χ3v) is 3.96. The summed E-state index contributed by atoms with van der Waals surface area (Å²) in [6.45, 7) is 2.57. The summed E-state index contributed by atoms with van der Waals surface area (Å²) in [5.41, 5.74) is 2.48. The number of aryl methyl sites for hydroxylation is 1. The van der Waals surface area contributed by atoms with E-state index in [1.807, 2.05) is 32.2 Å². The van der Waals surface area contributed by atoms with Gasteiger partial charge in [-0.05, 0) is 38.3 Å². The summed E-state index contributed by atoms with van der Waals surface area (Å²) < 4.78 is 5.51. The monoisotopic (exact) mass is 262 g/mol. The van der Waals surface area contributed by atoms with Crippen molar-refractivity contribution >= 4 is 11.6 Å². The molecule has 1 aromatic carbocycles. The molecule has 0 aromatic heterocycles. The number of ether oxygens (including phenoxy) is 1. The lowest BCUT2D eigenvalue weighted by Gasteiger charge is -2.40. The molecular weight excluding hydrogens is 240 g/mol. The van der Waals surface area contributed by atoms with Gasteiger partial charge in [-0.3, -0.25) is 4.79 Å². The second-order valence-corrected chi connectivity index (χ2v) is 5.22. The van der Waals surface area contributed by atoms with E-state index >= 15 is 0 Å². The lowest BCUT2D eigenvalue weighted by molar-refractivity contribution is -0.0679. The van der Waals surface area contributed by atoms with Crippen LogP contribution in [0.1, 0.15) is 35.2 Å². The Morgan fingerprint density at radius 3 is 2.68 bits per heavy atom. The fraction of sp³-hybridized carbons (Fsp3) is 0.533. The van der Waals surface area contributed by atoms with Crippen LogP contribution in [0.5, 0.6) is 0 Å². The minimum absolute atomic E-state index is 0.0450. The average molecular weight is 262 g/mol. The van der Waals surface area contributed by atoms with Crippen molar-refractivity contribution in [3.63, 3.8) is 0 Å². The molecule has 104 valence electrons. The summed E-state index contributed by atoms with van der Waals surface area (Å²) in [6.07, 6.45) is 3.23. The van der Waals surface area contributed by atoms with Gasteiger partial charge in [0.25, 0.3) is 5.91 Å². The van der Waals surface area contributed by atoms with Crippen LogP contribution < -0.4 is 10.6 Å². The number of benzene rings is 1. The Kier molecular flexibility index (Phi) is 4.10. The minimum atomic E-state index is -0.140. The van der Waals surface area contributed by atoms with Crippen LogP contribution in [0.15, 0.2) is 18.2 Å². The number of carbonyl (C=O) groups is 1. The molecule has 1 aliphatic rings. The normalized spacial score (nSPS) is 16.6. The first kappa shape index (κ1) is 13.9. The highest BCUT2D eigenvalue weighted by molar-refractivity contribution is 5.99. The Hall–Kier alpha value is -1.55. The van der Waals surface area contributed by atoms with Gasteiger partial charge in [0.15, 0.2) is 0 Å². The fourth-order valence-electron chi connectivity index (χ4n) is 2.42. The van der Waals surface area contributed by atoms with E-state index in [1.165, 1.54) is 6.42 Å². The van der Waals surface area contributed by atoms with Gasteiger partial charge in [-0.25, -0.2) is 0 Å². The summed E-state index contributed by atoms with van der Waals surface area (Å²) in [7, 11) is 3.54. The van der Waals surface area contributed by atoms with Crippen LogP contribution in [0.25, 0.3) is 0 Å². The Balaban J connectivity index is 2.05. The van der Waals surface area contributed by atoms with Crippen molar-refractivity contribution in [1.82, 2.24) is 5.32 Å². The number of hydrogen-bond donors (Lipinski definition) is 2. The second kappa shape index (κ2) is 5.61. The van der Waals surface area contributed by atoms with E-state index in [4.69, 9.17) is 4.74 Å². The predicted octanol–water partition coefficient (Wildman–Crippen LogP) is 2.34. The molecule has 0 radical (unpaired) electrons. The number of carbonyl (C=O) groups excluding carboxylic acids is 1. The Morgan fingerprint density at radius 1 is 1.42 bits per heavy atom. The number of methoxy groups -OCH3 is 1. The van der Waals surface area contributed by atoms with Crippen LogP contribution in [-0.4, -0.2) is 32.2 Å². The molecule has 0 aliphatic heterocycles. The summed E-state index contributed by atoms with van der Waals surface area (Å²) in [5.74, 6) is -0.0450. The third kappa shape index (κ3) is 2.89. The van der Waals surface area contributed by atoms with E-state index in [-0.39, 0.29) is 11.5 Å². The van der Waals surface area contributed by atoms with Gasteiger partial charge in [0.1, 0.15) is 0 Å². The number of nitrogens with one attached hydrogen (secondary N) is 2. The van der Waals surface area contributed by atoms with Crippen LogP contribution in [0.4, 0.5) is 5.69 Å². The lowest BCUT2D eigenvalue weighted by Crippen LogP contribution is -2.49. The zero-order valence-corrected chi connectivity index (χ0v) is 11.9. The molecular formula is C15H22N2O2. The Bertz CT molecular complexity index is 462. The van der Waals surface area contributed by atoms with Gasteiger partial charge in [0, 0.05) is 26.4 Å². The molecule has 0 atom stereocenters. The van der Waals surface area contributed by atoms with Gasteiger partial charge in [0.2, 0.25) is 0 Å². The smallest absolute Gasteiger partial charge is 0.253 e. The van der Waals surface area contributed by atoms with E-state index in [1.54, 1.807) is 7.11 Å². The number of hydrogen-bond acceptors (Lipinski definition) is 3. The highest BCUT2D eigenvalue weighted by Crippen LogP contribution is 2.34. The maximum atomic E-state index is 12.3. The van der Waals surface area contributed by atoms with Crippen molar-refractivity contribution in [2.24, 2.45) is 0 Å². The molecule has 0 saturated heterocycles. The summed E-state index contributed by atoms with van der Waals surface area (Å²) in [4.78, 5) is 12.3. The first-order valence-electron chi connectivity index (χ1n) is 6.72. The maximum Gasteiger partial charge on any atom is 0.253 e. The predicted molar refractivity (Wildman–Crippen MR) is 76.6 cm³/mol. The zero-order chi connectivity index (χ0) is 13.9. The van der Waals surface area contributed by atoms with Crippen molar-refractivity contribution in [2.75, 3.05) is 26.0 Å². The molecule has 4 nitrogen and oxygen atoms in total. The molecule has 1 aromatic rings. The topological polar surface area (TPSA) is 50.4 Å². The fourth-order valence-corrected chi connectivity index (χ4v) is 2.42. The molecule has 4 heteroatoms. The zero-order valence-electron chi connectivity index (χ0n) is 11.9. The van der Waals surface area contributed by atoms with E-state index < -0.39 is 0 Å². The van der Waals surface area contributed by atoms with Gasteiger partial charge in [0.05, 0.1) is 11.2 Å². The molecule has 0 heterocycles. The van der Waals surface area contributed by atoms with E-state index in [9.17, 15) is 4.79 Å². The largest absolute Gasteiger partial charge is 0.387 e. The van der Waals surface area contributed by atoms with E-state index in [0.29, 0.717) is 12.1 Å². The Morgan fingerprint density at radius 2 is 2.16 bits per heavy atom. The van der Waals surface area contributed by atoms with Crippen molar-refractivity contribution in [3.05, 3.63) is 29.3 Å². The SMILES string of the molecule is CNc1ccc(C)cc1C(=O)NCC1(OC)CCC1. The highest BCUT2D eigenvalue weighted by Gasteiger charge is 2.37. The molecule has 2 N–H and O–H groups in total. The number of amides is 1. The standard InChI is InChI=1S/C15H22N2O2/c1-11-5-6-13(16-2)12(9-11)14(18)17-10-15(19-3)7-4-8-15/h5-6,9,16H,4,7-8,10H2,1-3H3,(H,17,18). The van der Waals surface area contributed by atoms with Crippen LogP contribution in [0, 0.1) is 6.92 Å². The van der Waals surface area contributed by atoms with Crippen LogP contribution in [0.2, 0.25) is 0 Å². The number of anilines is 1. The molecule has 1 aliphatic carbocycles. The van der Waals surface area contributed by atoms with E-state index in [0.717, 1.165) is 24.1 Å². The lowest BCUT2D eigenvalue weighted by atomic mass is 9.80. The summed E-state index contributed by atoms with van der Waals surface area (Å²) in [6, 6.07) is 5.83. The van der Waals surface area contributed by atoms with Gasteiger partial charge >= 0.3 is 0 Å². The van der Waals surface area contributed by atoms with Crippen LogP contribution in [-0.2, 0) is 4.74 Å². The summed E-state index contributed by atoms with van der Waals surface area (Å²) in [5, 5.41) is 6.04. The maximum absolute atomic E-state index is 12.3. The van der Waals surface area contributed by atoms with Crippen molar-refractivity contribution in [3.8, 4) is 0 Å². The molecule has 0 bridgehead atoms. The quantitative estimate of drug-likeness (QED) is 0.856. The minimum Gasteiger partial charge on any atom is -0.387 e.